The Bertz CT molecular complexity index is 445. The maximum absolute atomic E-state index is 12.0. The molecule has 0 aromatic carbocycles. The second-order valence-electron chi connectivity index (χ2n) is 6.50. The van der Waals surface area contributed by atoms with E-state index < -0.39 is 30.7 Å². The maximum atomic E-state index is 12.0. The van der Waals surface area contributed by atoms with Crippen LogP contribution in [0.3, 0.4) is 0 Å². The molecule has 0 saturated heterocycles. The molecule has 0 heterocycles. The van der Waals surface area contributed by atoms with E-state index in [1.165, 1.54) is 4.90 Å². The lowest BCUT2D eigenvalue weighted by Crippen LogP contribution is -2.51. The molecular formula is C17H29NO6. The number of hydrogen-bond donors (Lipinski definition) is 0. The summed E-state index contributed by atoms with van der Waals surface area (Å²) in [5, 5.41) is 0. The minimum absolute atomic E-state index is 0.156. The molecule has 0 aliphatic rings. The van der Waals surface area contributed by atoms with Crippen LogP contribution in [0, 0.1) is 11.8 Å². The highest BCUT2D eigenvalue weighted by molar-refractivity contribution is 5.97. The SMILES string of the molecule is CCC(OC(=O)CC(=O)C(C)C)(OC(=O)CC(=O)C(C)C)N(C)C. The summed E-state index contributed by atoms with van der Waals surface area (Å²) in [7, 11) is 3.16. The third-order valence-corrected chi connectivity index (χ3v) is 3.60. The number of nitrogens with zero attached hydrogens (tertiary/aromatic N) is 1. The number of esters is 2. The number of ketones is 2. The van der Waals surface area contributed by atoms with Gasteiger partial charge in [-0.1, -0.05) is 34.6 Å². The minimum Gasteiger partial charge on any atom is -0.408 e. The van der Waals surface area contributed by atoms with Gasteiger partial charge in [-0.15, -0.1) is 0 Å². The van der Waals surface area contributed by atoms with Crippen molar-refractivity contribution in [1.29, 1.82) is 0 Å². The third kappa shape index (κ3) is 6.78. The average molecular weight is 343 g/mol. The van der Waals surface area contributed by atoms with Crippen molar-refractivity contribution in [2.24, 2.45) is 11.8 Å². The van der Waals surface area contributed by atoms with Crippen molar-refractivity contribution in [3.63, 3.8) is 0 Å². The van der Waals surface area contributed by atoms with Crippen molar-refractivity contribution in [2.75, 3.05) is 14.1 Å². The number of hydrogen-bond acceptors (Lipinski definition) is 7. The number of carbonyl (C=O) groups is 4. The molecule has 0 saturated carbocycles. The summed E-state index contributed by atoms with van der Waals surface area (Å²) in [4.78, 5) is 48.8. The Kier molecular flexibility index (Phi) is 8.82. The molecule has 0 atom stereocenters. The van der Waals surface area contributed by atoms with E-state index in [4.69, 9.17) is 9.47 Å². The van der Waals surface area contributed by atoms with Crippen molar-refractivity contribution in [1.82, 2.24) is 4.90 Å². The molecule has 0 aliphatic heterocycles. The third-order valence-electron chi connectivity index (χ3n) is 3.60. The van der Waals surface area contributed by atoms with Crippen molar-refractivity contribution in [2.45, 2.75) is 59.8 Å². The lowest BCUT2D eigenvalue weighted by molar-refractivity contribution is -0.279. The standard InChI is InChI=1S/C17H29NO6/c1-8-17(18(6)7,23-15(21)9-13(19)11(2)3)24-16(22)10-14(20)12(4)5/h11-12H,8-10H2,1-7H3. The van der Waals surface area contributed by atoms with Crippen LogP contribution in [0.1, 0.15) is 53.9 Å². The lowest BCUT2D eigenvalue weighted by Gasteiger charge is -2.36. The van der Waals surface area contributed by atoms with E-state index in [-0.39, 0.29) is 29.8 Å². The van der Waals surface area contributed by atoms with E-state index in [0.717, 1.165) is 0 Å². The zero-order valence-corrected chi connectivity index (χ0v) is 15.7. The number of rotatable bonds is 10. The summed E-state index contributed by atoms with van der Waals surface area (Å²) >= 11 is 0. The molecule has 7 nitrogen and oxygen atoms in total. The number of carbonyl (C=O) groups excluding carboxylic acids is 4. The molecule has 0 amide bonds. The van der Waals surface area contributed by atoms with Crippen LogP contribution in [0.4, 0.5) is 0 Å². The zero-order valence-electron chi connectivity index (χ0n) is 15.7. The van der Waals surface area contributed by atoms with Crippen LogP contribution in [0.2, 0.25) is 0 Å². The van der Waals surface area contributed by atoms with Gasteiger partial charge in [0.1, 0.15) is 24.4 Å². The molecule has 0 aromatic rings. The first-order valence-electron chi connectivity index (χ1n) is 8.11. The summed E-state index contributed by atoms with van der Waals surface area (Å²) in [6.07, 6.45) is -0.630. The Balaban J connectivity index is 5.09. The largest absolute Gasteiger partial charge is 0.408 e. The van der Waals surface area contributed by atoms with Crippen LogP contribution >= 0.6 is 0 Å². The molecule has 0 N–H and O–H groups in total. The van der Waals surface area contributed by atoms with Crippen molar-refractivity contribution >= 4 is 23.5 Å². The van der Waals surface area contributed by atoms with Crippen LogP contribution in [0.25, 0.3) is 0 Å². The van der Waals surface area contributed by atoms with Gasteiger partial charge in [0.2, 0.25) is 0 Å². The Morgan fingerprint density at radius 2 is 1.17 bits per heavy atom. The highest BCUT2D eigenvalue weighted by Gasteiger charge is 2.40. The highest BCUT2D eigenvalue weighted by atomic mass is 16.8. The molecule has 24 heavy (non-hydrogen) atoms. The van der Waals surface area contributed by atoms with Crippen molar-refractivity contribution in [3.8, 4) is 0 Å². The summed E-state index contributed by atoms with van der Waals surface area (Å²) in [5.41, 5.74) is 0. The average Bonchev–Trinajstić information content (AvgIpc) is 2.45. The van der Waals surface area contributed by atoms with Gasteiger partial charge in [-0.25, -0.2) is 4.90 Å². The Morgan fingerprint density at radius 1 is 0.833 bits per heavy atom. The van der Waals surface area contributed by atoms with E-state index in [0.29, 0.717) is 0 Å². The molecule has 0 bridgehead atoms. The van der Waals surface area contributed by atoms with Crippen LogP contribution in [-0.2, 0) is 28.7 Å². The van der Waals surface area contributed by atoms with Gasteiger partial charge < -0.3 is 9.47 Å². The molecule has 0 radical (unpaired) electrons. The fraction of sp³-hybridized carbons (Fsp3) is 0.765. The summed E-state index contributed by atoms with van der Waals surface area (Å²) < 4.78 is 10.6. The first-order valence-corrected chi connectivity index (χ1v) is 8.11. The van der Waals surface area contributed by atoms with E-state index in [9.17, 15) is 19.2 Å². The molecule has 7 heteroatoms. The first-order chi connectivity index (χ1) is 10.9. The molecule has 0 aliphatic carbocycles. The molecule has 138 valence electrons. The van der Waals surface area contributed by atoms with E-state index in [1.54, 1.807) is 48.7 Å². The first kappa shape index (κ1) is 22.2. The highest BCUT2D eigenvalue weighted by Crippen LogP contribution is 2.23. The van der Waals surface area contributed by atoms with Gasteiger partial charge in [-0.3, -0.25) is 19.2 Å². The second kappa shape index (κ2) is 9.52. The monoisotopic (exact) mass is 343 g/mol. The van der Waals surface area contributed by atoms with Crippen molar-refractivity contribution in [3.05, 3.63) is 0 Å². The fourth-order valence-corrected chi connectivity index (χ4v) is 1.78. The molecule has 0 spiro atoms. The van der Waals surface area contributed by atoms with Crippen LogP contribution in [0.5, 0.6) is 0 Å². The van der Waals surface area contributed by atoms with Gasteiger partial charge in [0.05, 0.1) is 0 Å². The Hall–Kier alpha value is -1.76. The van der Waals surface area contributed by atoms with Crippen LogP contribution in [0.15, 0.2) is 0 Å². The molecule has 0 unspecified atom stereocenters. The van der Waals surface area contributed by atoms with Crippen LogP contribution in [-0.4, -0.2) is 48.4 Å². The molecular weight excluding hydrogens is 314 g/mol. The van der Waals surface area contributed by atoms with Gasteiger partial charge >= 0.3 is 17.8 Å². The maximum Gasteiger partial charge on any atom is 0.319 e. The van der Waals surface area contributed by atoms with Gasteiger partial charge in [-0.2, -0.15) is 0 Å². The van der Waals surface area contributed by atoms with E-state index in [2.05, 4.69) is 0 Å². The molecule has 0 aromatic heterocycles. The van der Waals surface area contributed by atoms with E-state index in [1.807, 2.05) is 0 Å². The predicted octanol–water partition coefficient (Wildman–Crippen LogP) is 1.93. The second-order valence-corrected chi connectivity index (χ2v) is 6.50. The summed E-state index contributed by atoms with van der Waals surface area (Å²) in [5.74, 6) is -4.28. The fourth-order valence-electron chi connectivity index (χ4n) is 1.78. The Morgan fingerprint density at radius 3 is 1.38 bits per heavy atom. The van der Waals surface area contributed by atoms with Crippen molar-refractivity contribution < 1.29 is 28.7 Å². The normalized spacial score (nSPS) is 11.8. The summed E-state index contributed by atoms with van der Waals surface area (Å²) in [6, 6.07) is 0. The van der Waals surface area contributed by atoms with E-state index >= 15 is 0 Å². The van der Waals surface area contributed by atoms with Gasteiger partial charge in [0, 0.05) is 18.3 Å². The minimum atomic E-state index is -1.64. The summed E-state index contributed by atoms with van der Waals surface area (Å²) in [6.45, 7) is 8.42. The smallest absolute Gasteiger partial charge is 0.319 e. The quantitative estimate of drug-likeness (QED) is 0.340. The molecule has 0 fully saturated rings. The van der Waals surface area contributed by atoms with Gasteiger partial charge in [-0.05, 0) is 14.1 Å². The number of Topliss-reactive ketones (excluding diaryl/α,β-unsaturated/α-hetero) is 2. The lowest BCUT2D eigenvalue weighted by atomic mass is 10.1. The van der Waals surface area contributed by atoms with Gasteiger partial charge in [0.15, 0.2) is 0 Å². The topological polar surface area (TPSA) is 90.0 Å². The van der Waals surface area contributed by atoms with Gasteiger partial charge in [0.25, 0.3) is 0 Å². The number of ether oxygens (including phenoxy) is 2. The predicted molar refractivity (Wildman–Crippen MR) is 87.8 cm³/mol. The molecule has 0 rings (SSSR count). The Labute approximate surface area is 143 Å². The van der Waals surface area contributed by atoms with Crippen LogP contribution < -0.4 is 0 Å². The zero-order chi connectivity index (χ0) is 19.1.